The summed E-state index contributed by atoms with van der Waals surface area (Å²) in [5.74, 6) is -1.70. The van der Waals surface area contributed by atoms with Gasteiger partial charge in [0.2, 0.25) is 5.91 Å². The number of carbonyl (C=O) groups is 3. The van der Waals surface area contributed by atoms with E-state index in [1.54, 1.807) is 0 Å². The number of rotatable bonds is 7. The lowest BCUT2D eigenvalue weighted by Gasteiger charge is -2.19. The number of carboxylic acids is 1. The molecule has 0 spiro atoms. The van der Waals surface area contributed by atoms with E-state index in [1.807, 2.05) is 36.4 Å². The second-order valence-electron chi connectivity index (χ2n) is 8.77. The van der Waals surface area contributed by atoms with Crippen molar-refractivity contribution >= 4 is 35.3 Å². The first-order valence-electron chi connectivity index (χ1n) is 11.4. The minimum absolute atomic E-state index is 0.00160. The Morgan fingerprint density at radius 3 is 2.20 bits per heavy atom. The Balaban J connectivity index is 1.25. The average Bonchev–Trinajstić information content (AvgIpc) is 3.64. The highest BCUT2D eigenvalue weighted by molar-refractivity contribution is 6.33. The van der Waals surface area contributed by atoms with Crippen molar-refractivity contribution < 1.29 is 24.2 Å². The number of amides is 2. The fourth-order valence-corrected chi connectivity index (χ4v) is 4.78. The highest BCUT2D eigenvalue weighted by atomic mass is 35.5. The molecular formula is C27H23ClN2O5. The van der Waals surface area contributed by atoms with Crippen molar-refractivity contribution in [1.82, 2.24) is 5.32 Å². The van der Waals surface area contributed by atoms with Crippen LogP contribution in [0, 0.1) is 5.92 Å². The minimum atomic E-state index is -1.19. The molecule has 3 aromatic rings. The molecule has 3 aromatic carbocycles. The van der Waals surface area contributed by atoms with Crippen LogP contribution in [0.4, 0.5) is 10.5 Å². The van der Waals surface area contributed by atoms with Crippen LogP contribution in [0.3, 0.4) is 0 Å². The lowest BCUT2D eigenvalue weighted by Crippen LogP contribution is -2.45. The maximum absolute atomic E-state index is 12.9. The molecule has 2 amide bonds. The van der Waals surface area contributed by atoms with E-state index in [9.17, 15) is 19.5 Å². The summed E-state index contributed by atoms with van der Waals surface area (Å²) in [5.41, 5.74) is 4.66. The SMILES string of the molecule is O=C(NC(C(=O)Nc1ccc(Cl)c(C(=O)O)c1)C1CC1)OCC1c2ccccc2-c2ccccc21. The molecule has 0 saturated heterocycles. The van der Waals surface area contributed by atoms with Gasteiger partial charge in [-0.05, 0) is 59.2 Å². The molecule has 0 bridgehead atoms. The van der Waals surface area contributed by atoms with E-state index in [-0.39, 0.29) is 34.7 Å². The van der Waals surface area contributed by atoms with Crippen molar-refractivity contribution in [3.05, 3.63) is 88.4 Å². The summed E-state index contributed by atoms with van der Waals surface area (Å²) < 4.78 is 5.59. The van der Waals surface area contributed by atoms with Crippen LogP contribution < -0.4 is 10.6 Å². The largest absolute Gasteiger partial charge is 0.478 e. The second-order valence-corrected chi connectivity index (χ2v) is 9.18. The zero-order valence-corrected chi connectivity index (χ0v) is 19.4. The number of anilines is 1. The van der Waals surface area contributed by atoms with Crippen LogP contribution in [0.5, 0.6) is 0 Å². The molecule has 0 radical (unpaired) electrons. The lowest BCUT2D eigenvalue weighted by molar-refractivity contribution is -0.118. The Morgan fingerprint density at radius 1 is 0.971 bits per heavy atom. The molecule has 1 saturated carbocycles. The topological polar surface area (TPSA) is 105 Å². The summed E-state index contributed by atoms with van der Waals surface area (Å²) in [6.07, 6.45) is 0.951. The van der Waals surface area contributed by atoms with Gasteiger partial charge in [-0.1, -0.05) is 60.1 Å². The fourth-order valence-electron chi connectivity index (χ4n) is 4.58. The van der Waals surface area contributed by atoms with Gasteiger partial charge in [0, 0.05) is 11.6 Å². The summed E-state index contributed by atoms with van der Waals surface area (Å²) >= 11 is 5.90. The molecule has 0 aromatic heterocycles. The van der Waals surface area contributed by atoms with Crippen molar-refractivity contribution in [2.24, 2.45) is 5.92 Å². The van der Waals surface area contributed by atoms with Crippen LogP contribution in [-0.2, 0) is 9.53 Å². The molecule has 0 aliphatic heterocycles. The lowest BCUT2D eigenvalue weighted by atomic mass is 9.98. The number of carboxylic acid groups (broad SMARTS) is 1. The molecule has 7 nitrogen and oxygen atoms in total. The van der Waals surface area contributed by atoms with Crippen molar-refractivity contribution in [2.45, 2.75) is 24.8 Å². The average molecular weight is 491 g/mol. The monoisotopic (exact) mass is 490 g/mol. The van der Waals surface area contributed by atoms with Crippen LogP contribution in [0.1, 0.15) is 40.2 Å². The Hall–Kier alpha value is -3.84. The van der Waals surface area contributed by atoms with E-state index in [0.717, 1.165) is 35.1 Å². The molecule has 2 aliphatic carbocycles. The van der Waals surface area contributed by atoms with Crippen molar-refractivity contribution in [1.29, 1.82) is 0 Å². The molecule has 1 unspecified atom stereocenters. The van der Waals surface area contributed by atoms with Gasteiger partial charge in [-0.3, -0.25) is 4.79 Å². The van der Waals surface area contributed by atoms with Crippen molar-refractivity contribution in [3.8, 4) is 11.1 Å². The Morgan fingerprint density at radius 2 is 1.60 bits per heavy atom. The molecule has 0 heterocycles. The van der Waals surface area contributed by atoms with Gasteiger partial charge in [0.15, 0.2) is 0 Å². The van der Waals surface area contributed by atoms with Gasteiger partial charge in [0.05, 0.1) is 10.6 Å². The standard InChI is InChI=1S/C27H23ClN2O5/c28-23-12-11-16(13-21(23)26(32)33)29-25(31)24(15-9-10-15)30-27(34)35-14-22-19-7-3-1-5-17(19)18-6-2-4-8-20(18)22/h1-8,11-13,15,22,24H,9-10,14H2,(H,29,31)(H,30,34)(H,32,33). The maximum atomic E-state index is 12.9. The first kappa shape index (κ1) is 22.9. The van der Waals surface area contributed by atoms with Gasteiger partial charge in [-0.2, -0.15) is 0 Å². The van der Waals surface area contributed by atoms with Gasteiger partial charge in [-0.15, -0.1) is 0 Å². The summed E-state index contributed by atoms with van der Waals surface area (Å²) in [6.45, 7) is 0.151. The van der Waals surface area contributed by atoms with Crippen LogP contribution in [0.2, 0.25) is 5.02 Å². The summed E-state index contributed by atoms with van der Waals surface area (Å²) in [4.78, 5) is 36.9. The number of halogens is 1. The smallest absolute Gasteiger partial charge is 0.407 e. The molecule has 35 heavy (non-hydrogen) atoms. The molecule has 5 rings (SSSR count). The van der Waals surface area contributed by atoms with Crippen molar-refractivity contribution in [2.75, 3.05) is 11.9 Å². The number of aromatic carboxylic acids is 1. The Kier molecular flexibility index (Phi) is 6.17. The van der Waals surface area contributed by atoms with Crippen LogP contribution in [0.25, 0.3) is 11.1 Å². The highest BCUT2D eigenvalue weighted by Crippen LogP contribution is 2.44. The van der Waals surface area contributed by atoms with Gasteiger partial charge in [0.1, 0.15) is 12.6 Å². The van der Waals surface area contributed by atoms with Crippen molar-refractivity contribution in [3.63, 3.8) is 0 Å². The molecule has 1 atom stereocenters. The Labute approximate surface area is 207 Å². The van der Waals surface area contributed by atoms with Crippen LogP contribution >= 0.6 is 11.6 Å². The number of alkyl carbamates (subject to hydrolysis) is 1. The third-order valence-electron chi connectivity index (χ3n) is 6.46. The third-order valence-corrected chi connectivity index (χ3v) is 6.79. The second kappa shape index (κ2) is 9.43. The van der Waals surface area contributed by atoms with E-state index in [4.69, 9.17) is 16.3 Å². The van der Waals surface area contributed by atoms with Crippen LogP contribution in [-0.4, -0.2) is 35.7 Å². The normalized spacial score (nSPS) is 15.0. The van der Waals surface area contributed by atoms with E-state index in [2.05, 4.69) is 22.8 Å². The van der Waals surface area contributed by atoms with Gasteiger partial charge >= 0.3 is 12.1 Å². The molecule has 8 heteroatoms. The number of carbonyl (C=O) groups excluding carboxylic acids is 2. The van der Waals surface area contributed by atoms with Gasteiger partial charge < -0.3 is 20.5 Å². The number of hydrogen-bond donors (Lipinski definition) is 3. The molecule has 3 N–H and O–H groups in total. The first-order valence-corrected chi connectivity index (χ1v) is 11.8. The van der Waals surface area contributed by atoms with E-state index in [0.29, 0.717) is 0 Å². The molecular weight excluding hydrogens is 468 g/mol. The number of hydrogen-bond acceptors (Lipinski definition) is 4. The molecule has 2 aliphatic rings. The quantitative estimate of drug-likeness (QED) is 0.417. The van der Waals surface area contributed by atoms with E-state index in [1.165, 1.54) is 18.2 Å². The van der Waals surface area contributed by atoms with Gasteiger partial charge in [-0.25, -0.2) is 9.59 Å². The Bertz CT molecular complexity index is 1270. The zero-order chi connectivity index (χ0) is 24.5. The zero-order valence-electron chi connectivity index (χ0n) is 18.7. The van der Waals surface area contributed by atoms with Crippen LogP contribution in [0.15, 0.2) is 66.7 Å². The highest BCUT2D eigenvalue weighted by Gasteiger charge is 2.38. The maximum Gasteiger partial charge on any atom is 0.407 e. The molecule has 1 fully saturated rings. The van der Waals surface area contributed by atoms with E-state index < -0.39 is 24.0 Å². The first-order chi connectivity index (χ1) is 16.9. The predicted molar refractivity (Wildman–Crippen MR) is 132 cm³/mol. The minimum Gasteiger partial charge on any atom is -0.478 e. The molecule has 178 valence electrons. The third kappa shape index (κ3) is 4.72. The summed E-state index contributed by atoms with van der Waals surface area (Å²) in [6, 6.07) is 19.6. The number of benzene rings is 3. The number of nitrogens with one attached hydrogen (secondary N) is 2. The number of fused-ring (bicyclic) bond motifs is 3. The fraction of sp³-hybridized carbons (Fsp3) is 0.222. The predicted octanol–water partition coefficient (Wildman–Crippen LogP) is 5.29. The summed E-state index contributed by atoms with van der Waals surface area (Å²) in [5, 5.41) is 14.7. The van der Waals surface area contributed by atoms with E-state index >= 15 is 0 Å². The van der Waals surface area contributed by atoms with Gasteiger partial charge in [0.25, 0.3) is 0 Å². The summed E-state index contributed by atoms with van der Waals surface area (Å²) in [7, 11) is 0. The number of ether oxygens (including phenoxy) is 1.